The molecule has 3 rings (SSSR count). The quantitative estimate of drug-likeness (QED) is 0.803. The third-order valence-electron chi connectivity index (χ3n) is 4.39. The lowest BCUT2D eigenvalue weighted by molar-refractivity contribution is -0.127. The van der Waals surface area contributed by atoms with Crippen LogP contribution in [-0.2, 0) is 14.3 Å². The lowest BCUT2D eigenvalue weighted by atomic mass is 10.0. The Kier molecular flexibility index (Phi) is 5.81. The maximum atomic E-state index is 12.6. The van der Waals surface area contributed by atoms with Gasteiger partial charge < -0.3 is 15.4 Å². The Labute approximate surface area is 157 Å². The van der Waals surface area contributed by atoms with Gasteiger partial charge in [0, 0.05) is 5.39 Å². The molecule has 1 aromatic heterocycles. The van der Waals surface area contributed by atoms with Crippen LogP contribution in [0.1, 0.15) is 30.8 Å². The lowest BCUT2D eigenvalue weighted by Crippen LogP contribution is -2.52. The van der Waals surface area contributed by atoms with Crippen LogP contribution in [0.2, 0.25) is 0 Å². The number of nitrogens with zero attached hydrogens (tertiary/aromatic N) is 1. The Bertz CT molecular complexity index is 865. The summed E-state index contributed by atoms with van der Waals surface area (Å²) in [4.78, 5) is 41.3. The van der Waals surface area contributed by atoms with Crippen molar-refractivity contribution >= 4 is 28.5 Å². The van der Waals surface area contributed by atoms with Crippen LogP contribution in [0.3, 0.4) is 0 Å². The number of ether oxygens (including phenoxy) is 1. The summed E-state index contributed by atoms with van der Waals surface area (Å²) in [5.41, 5.74) is 0.958. The molecule has 7 nitrogen and oxygen atoms in total. The van der Waals surface area contributed by atoms with Crippen LogP contribution in [0, 0.1) is 5.92 Å². The molecule has 2 atom stereocenters. The summed E-state index contributed by atoms with van der Waals surface area (Å²) in [5, 5.41) is 6.36. The van der Waals surface area contributed by atoms with Crippen molar-refractivity contribution in [2.45, 2.75) is 32.4 Å². The van der Waals surface area contributed by atoms with Gasteiger partial charge in [0.05, 0.1) is 12.1 Å². The number of benzene rings is 1. The number of aromatic nitrogens is 1. The van der Waals surface area contributed by atoms with E-state index in [1.807, 2.05) is 44.2 Å². The first-order chi connectivity index (χ1) is 12.9. The fourth-order valence-corrected chi connectivity index (χ4v) is 2.99. The van der Waals surface area contributed by atoms with Crippen LogP contribution >= 0.6 is 0 Å². The maximum Gasteiger partial charge on any atom is 0.270 e. The van der Waals surface area contributed by atoms with E-state index in [-0.39, 0.29) is 36.5 Å². The van der Waals surface area contributed by atoms with E-state index < -0.39 is 18.0 Å². The topological polar surface area (TPSA) is 97.4 Å². The molecule has 1 aliphatic rings. The van der Waals surface area contributed by atoms with Gasteiger partial charge in [-0.15, -0.1) is 0 Å². The summed E-state index contributed by atoms with van der Waals surface area (Å²) in [5.74, 6) is -0.785. The van der Waals surface area contributed by atoms with E-state index in [0.717, 1.165) is 5.39 Å². The van der Waals surface area contributed by atoms with Crippen molar-refractivity contribution < 1.29 is 19.1 Å². The molecule has 7 heteroatoms. The minimum Gasteiger partial charge on any atom is -0.371 e. The Morgan fingerprint density at radius 2 is 2.00 bits per heavy atom. The van der Waals surface area contributed by atoms with E-state index >= 15 is 0 Å². The van der Waals surface area contributed by atoms with E-state index in [9.17, 15) is 14.4 Å². The van der Waals surface area contributed by atoms with Gasteiger partial charge in [0.15, 0.2) is 5.78 Å². The van der Waals surface area contributed by atoms with Crippen molar-refractivity contribution in [3.8, 4) is 0 Å². The second kappa shape index (κ2) is 8.26. The van der Waals surface area contributed by atoms with Crippen molar-refractivity contribution in [1.29, 1.82) is 0 Å². The zero-order valence-electron chi connectivity index (χ0n) is 15.4. The third kappa shape index (κ3) is 4.68. The Balaban J connectivity index is 1.73. The van der Waals surface area contributed by atoms with Crippen LogP contribution in [0.25, 0.3) is 10.9 Å². The molecule has 2 amide bonds. The minimum absolute atomic E-state index is 0.00711. The summed E-state index contributed by atoms with van der Waals surface area (Å²) in [6, 6.07) is 9.56. The standard InChI is InChI=1S/C20H23N3O4/c1-12(2)9-16(20(26)23-17-10-27-11-18(17)24)22-19(25)15-8-7-13-5-3-4-6-14(13)21-15/h3-8,12,16-17H,9-11H2,1-2H3,(H,22,25)(H,23,26)/t16-,17-/m1/s1. The highest BCUT2D eigenvalue weighted by molar-refractivity contribution is 5.99. The van der Waals surface area contributed by atoms with E-state index in [0.29, 0.717) is 11.9 Å². The SMILES string of the molecule is CC(C)C[C@@H](NC(=O)c1ccc2ccccc2n1)C(=O)N[C@@H]1COCC1=O. The summed E-state index contributed by atoms with van der Waals surface area (Å²) in [6.07, 6.45) is 0.451. The van der Waals surface area contributed by atoms with Crippen LogP contribution < -0.4 is 10.6 Å². The van der Waals surface area contributed by atoms with Gasteiger partial charge >= 0.3 is 0 Å². The second-order valence-electron chi connectivity index (χ2n) is 7.09. The number of fused-ring (bicyclic) bond motifs is 1. The largest absolute Gasteiger partial charge is 0.371 e. The molecule has 27 heavy (non-hydrogen) atoms. The monoisotopic (exact) mass is 369 g/mol. The highest BCUT2D eigenvalue weighted by Gasteiger charge is 2.30. The molecule has 1 aromatic carbocycles. The molecular formula is C20H23N3O4. The number of rotatable bonds is 6. The minimum atomic E-state index is -0.751. The second-order valence-corrected chi connectivity index (χ2v) is 7.09. The smallest absolute Gasteiger partial charge is 0.270 e. The van der Waals surface area contributed by atoms with Crippen molar-refractivity contribution in [1.82, 2.24) is 15.6 Å². The number of pyridine rings is 1. The first-order valence-electron chi connectivity index (χ1n) is 9.01. The molecule has 1 aliphatic heterocycles. The van der Waals surface area contributed by atoms with E-state index in [4.69, 9.17) is 4.74 Å². The first-order valence-corrected chi connectivity index (χ1v) is 9.01. The fourth-order valence-electron chi connectivity index (χ4n) is 2.99. The number of hydrogen-bond acceptors (Lipinski definition) is 5. The van der Waals surface area contributed by atoms with E-state index in [1.54, 1.807) is 6.07 Å². The lowest BCUT2D eigenvalue weighted by Gasteiger charge is -2.21. The van der Waals surface area contributed by atoms with Crippen molar-refractivity contribution in [3.05, 3.63) is 42.1 Å². The maximum absolute atomic E-state index is 12.6. The number of amides is 2. The average Bonchev–Trinajstić information content (AvgIpc) is 3.05. The van der Waals surface area contributed by atoms with Crippen molar-refractivity contribution in [2.75, 3.05) is 13.2 Å². The summed E-state index contributed by atoms with van der Waals surface area (Å²) < 4.78 is 5.06. The molecular weight excluding hydrogens is 346 g/mol. The highest BCUT2D eigenvalue weighted by atomic mass is 16.5. The number of carbonyl (C=O) groups excluding carboxylic acids is 3. The predicted octanol–water partition coefficient (Wildman–Crippen LogP) is 1.46. The molecule has 0 radical (unpaired) electrons. The zero-order valence-corrected chi connectivity index (χ0v) is 15.4. The predicted molar refractivity (Wildman–Crippen MR) is 100 cm³/mol. The summed E-state index contributed by atoms with van der Waals surface area (Å²) in [7, 11) is 0. The Morgan fingerprint density at radius 3 is 2.70 bits per heavy atom. The van der Waals surface area contributed by atoms with Crippen LogP contribution in [0.15, 0.2) is 36.4 Å². The number of carbonyl (C=O) groups is 3. The van der Waals surface area contributed by atoms with Crippen LogP contribution in [0.5, 0.6) is 0 Å². The normalized spacial score (nSPS) is 17.9. The molecule has 2 heterocycles. The molecule has 1 saturated heterocycles. The van der Waals surface area contributed by atoms with E-state index in [1.165, 1.54) is 0 Å². The molecule has 2 aromatic rings. The molecule has 0 bridgehead atoms. The van der Waals surface area contributed by atoms with Gasteiger partial charge in [-0.3, -0.25) is 14.4 Å². The van der Waals surface area contributed by atoms with Gasteiger partial charge in [0.1, 0.15) is 24.4 Å². The van der Waals surface area contributed by atoms with Crippen molar-refractivity contribution in [3.63, 3.8) is 0 Å². The van der Waals surface area contributed by atoms with Gasteiger partial charge in [-0.2, -0.15) is 0 Å². The first kappa shape index (κ1) is 19.0. The zero-order chi connectivity index (χ0) is 19.4. The van der Waals surface area contributed by atoms with Crippen LogP contribution in [0.4, 0.5) is 0 Å². The summed E-state index contributed by atoms with van der Waals surface area (Å²) >= 11 is 0. The van der Waals surface area contributed by atoms with Gasteiger partial charge in [0.2, 0.25) is 5.91 Å². The molecule has 0 aliphatic carbocycles. The van der Waals surface area contributed by atoms with Gasteiger partial charge in [0.25, 0.3) is 5.91 Å². The van der Waals surface area contributed by atoms with Gasteiger partial charge in [-0.05, 0) is 24.5 Å². The fraction of sp³-hybridized carbons (Fsp3) is 0.400. The number of Topliss-reactive ketones (excluding diaryl/α,β-unsaturated/α-hetero) is 1. The molecule has 0 unspecified atom stereocenters. The average molecular weight is 369 g/mol. The molecule has 0 spiro atoms. The molecule has 142 valence electrons. The van der Waals surface area contributed by atoms with Crippen LogP contribution in [-0.4, -0.2) is 47.9 Å². The summed E-state index contributed by atoms with van der Waals surface area (Å²) in [6.45, 7) is 4.10. The van der Waals surface area contributed by atoms with E-state index in [2.05, 4.69) is 15.6 Å². The molecule has 0 saturated carbocycles. The van der Waals surface area contributed by atoms with Crippen molar-refractivity contribution in [2.24, 2.45) is 5.92 Å². The molecule has 2 N–H and O–H groups in total. The third-order valence-corrected chi connectivity index (χ3v) is 4.39. The number of hydrogen-bond donors (Lipinski definition) is 2. The number of nitrogens with one attached hydrogen (secondary N) is 2. The highest BCUT2D eigenvalue weighted by Crippen LogP contribution is 2.13. The Hall–Kier alpha value is -2.80. The number of para-hydroxylation sites is 1. The number of ketones is 1. The van der Waals surface area contributed by atoms with Gasteiger partial charge in [-0.25, -0.2) is 4.98 Å². The molecule has 1 fully saturated rings. The Morgan fingerprint density at radius 1 is 1.22 bits per heavy atom. The van der Waals surface area contributed by atoms with Gasteiger partial charge in [-0.1, -0.05) is 38.1 Å².